The molecule has 1 amide bonds. The third-order valence-electron chi connectivity index (χ3n) is 1.40. The summed E-state index contributed by atoms with van der Waals surface area (Å²) in [5.41, 5.74) is 0.429. The van der Waals surface area contributed by atoms with Gasteiger partial charge in [0.25, 0.3) is 0 Å². The van der Waals surface area contributed by atoms with Crippen LogP contribution in [-0.4, -0.2) is 22.0 Å². The highest BCUT2D eigenvalue weighted by atomic mass is 16.4. The summed E-state index contributed by atoms with van der Waals surface area (Å²) in [4.78, 5) is 24.8. The van der Waals surface area contributed by atoms with Gasteiger partial charge in [-0.25, -0.2) is 9.78 Å². The van der Waals surface area contributed by atoms with Crippen molar-refractivity contribution in [2.45, 2.75) is 6.92 Å². The van der Waals surface area contributed by atoms with Crippen molar-refractivity contribution >= 4 is 17.7 Å². The second-order valence-corrected chi connectivity index (χ2v) is 2.42. The van der Waals surface area contributed by atoms with Gasteiger partial charge in [-0.05, 0) is 19.1 Å². The first-order valence-corrected chi connectivity index (χ1v) is 3.56. The quantitative estimate of drug-likeness (QED) is 0.673. The maximum Gasteiger partial charge on any atom is 0.410 e. The summed E-state index contributed by atoms with van der Waals surface area (Å²) < 4.78 is 0. The number of rotatable bonds is 2. The van der Waals surface area contributed by atoms with E-state index in [1.807, 2.05) is 0 Å². The number of ketones is 1. The lowest BCUT2D eigenvalue weighted by atomic mass is 10.2. The summed E-state index contributed by atoms with van der Waals surface area (Å²) in [6.07, 6.45) is 0.176. The van der Waals surface area contributed by atoms with Gasteiger partial charge >= 0.3 is 6.09 Å². The molecule has 0 radical (unpaired) electrons. The molecule has 1 rings (SSSR count). The van der Waals surface area contributed by atoms with Gasteiger partial charge in [0.1, 0.15) is 5.82 Å². The van der Waals surface area contributed by atoms with Crippen LogP contribution in [-0.2, 0) is 0 Å². The van der Waals surface area contributed by atoms with Crippen LogP contribution in [0.3, 0.4) is 0 Å². The molecule has 0 saturated carbocycles. The number of nitrogens with zero attached hydrogens (tertiary/aromatic N) is 1. The van der Waals surface area contributed by atoms with Crippen LogP contribution >= 0.6 is 0 Å². The molecule has 0 aromatic carbocycles. The lowest BCUT2D eigenvalue weighted by molar-refractivity contribution is 0.101. The van der Waals surface area contributed by atoms with Gasteiger partial charge in [-0.2, -0.15) is 0 Å². The van der Waals surface area contributed by atoms with Gasteiger partial charge in [0.2, 0.25) is 0 Å². The Hall–Kier alpha value is -1.91. The number of carboxylic acid groups (broad SMARTS) is 1. The van der Waals surface area contributed by atoms with E-state index in [-0.39, 0.29) is 11.6 Å². The molecule has 68 valence electrons. The molecular formula is C8H8N2O3. The zero-order valence-electron chi connectivity index (χ0n) is 6.94. The van der Waals surface area contributed by atoms with Crippen LogP contribution in [0, 0.1) is 0 Å². The van der Waals surface area contributed by atoms with Crippen molar-refractivity contribution in [3.05, 3.63) is 23.9 Å². The molecule has 0 bridgehead atoms. The van der Waals surface area contributed by atoms with E-state index in [1.54, 1.807) is 0 Å². The van der Waals surface area contributed by atoms with Gasteiger partial charge in [0.15, 0.2) is 5.78 Å². The predicted octanol–water partition coefficient (Wildman–Crippen LogP) is 1.37. The Morgan fingerprint density at radius 2 is 2.23 bits per heavy atom. The third kappa shape index (κ3) is 2.55. The standard InChI is InChI=1S/C8H8N2O3/c1-5(11)6-2-3-9-7(4-6)10-8(12)13/h2-4H,1H3,(H,9,10)(H,12,13). The monoisotopic (exact) mass is 180 g/mol. The summed E-state index contributed by atoms with van der Waals surface area (Å²) in [6.45, 7) is 1.40. The number of Topliss-reactive ketones (excluding diaryl/α,β-unsaturated/α-hetero) is 1. The highest BCUT2D eigenvalue weighted by Crippen LogP contribution is 2.06. The Kier molecular flexibility index (Phi) is 2.59. The number of pyridine rings is 1. The minimum Gasteiger partial charge on any atom is -0.465 e. The fraction of sp³-hybridized carbons (Fsp3) is 0.125. The lowest BCUT2D eigenvalue weighted by Gasteiger charge is -2.00. The first kappa shape index (κ1) is 9.18. The summed E-state index contributed by atoms with van der Waals surface area (Å²) in [5.74, 6) is 0.0241. The van der Waals surface area contributed by atoms with Crippen LogP contribution in [0.2, 0.25) is 0 Å². The van der Waals surface area contributed by atoms with Crippen LogP contribution in [0.5, 0.6) is 0 Å². The normalized spacial score (nSPS) is 9.31. The summed E-state index contributed by atoms with van der Waals surface area (Å²) in [6, 6.07) is 2.91. The fourth-order valence-corrected chi connectivity index (χ4v) is 0.827. The number of hydrogen-bond donors (Lipinski definition) is 2. The predicted molar refractivity (Wildman–Crippen MR) is 45.9 cm³/mol. The largest absolute Gasteiger partial charge is 0.465 e. The Morgan fingerprint density at radius 1 is 1.54 bits per heavy atom. The minimum absolute atomic E-state index is 0.129. The van der Waals surface area contributed by atoms with Gasteiger partial charge in [-0.15, -0.1) is 0 Å². The van der Waals surface area contributed by atoms with Crippen molar-refractivity contribution in [2.75, 3.05) is 5.32 Å². The smallest absolute Gasteiger partial charge is 0.410 e. The Balaban J connectivity index is 2.91. The first-order valence-electron chi connectivity index (χ1n) is 3.56. The molecule has 1 heterocycles. The topological polar surface area (TPSA) is 79.3 Å². The molecular weight excluding hydrogens is 172 g/mol. The molecule has 0 fully saturated rings. The van der Waals surface area contributed by atoms with Crippen LogP contribution < -0.4 is 5.32 Å². The molecule has 0 saturated heterocycles. The number of hydrogen-bond acceptors (Lipinski definition) is 3. The average Bonchev–Trinajstić information content (AvgIpc) is 2.03. The number of nitrogens with one attached hydrogen (secondary N) is 1. The molecule has 0 aliphatic heterocycles. The van der Waals surface area contributed by atoms with E-state index in [9.17, 15) is 9.59 Å². The second kappa shape index (κ2) is 3.66. The number of anilines is 1. The molecule has 0 unspecified atom stereocenters. The molecule has 0 aliphatic rings. The molecule has 5 heteroatoms. The summed E-state index contributed by atoms with van der Waals surface area (Å²) >= 11 is 0. The highest BCUT2D eigenvalue weighted by molar-refractivity contribution is 5.95. The summed E-state index contributed by atoms with van der Waals surface area (Å²) in [7, 11) is 0. The van der Waals surface area contributed by atoms with Crippen molar-refractivity contribution in [3.63, 3.8) is 0 Å². The zero-order chi connectivity index (χ0) is 9.84. The van der Waals surface area contributed by atoms with Gasteiger partial charge in [-0.1, -0.05) is 0 Å². The summed E-state index contributed by atoms with van der Waals surface area (Å²) in [5, 5.41) is 10.4. The number of carbonyl (C=O) groups is 2. The van der Waals surface area contributed by atoms with Crippen molar-refractivity contribution in [1.29, 1.82) is 0 Å². The van der Waals surface area contributed by atoms with E-state index >= 15 is 0 Å². The number of carbonyl (C=O) groups excluding carboxylic acids is 1. The van der Waals surface area contributed by atoms with Gasteiger partial charge in [0, 0.05) is 11.8 Å². The fourth-order valence-electron chi connectivity index (χ4n) is 0.827. The van der Waals surface area contributed by atoms with E-state index in [0.29, 0.717) is 5.56 Å². The average molecular weight is 180 g/mol. The molecule has 5 nitrogen and oxygen atoms in total. The van der Waals surface area contributed by atoms with Crippen molar-refractivity contribution < 1.29 is 14.7 Å². The molecule has 2 N–H and O–H groups in total. The van der Waals surface area contributed by atoms with Crippen molar-refractivity contribution in [3.8, 4) is 0 Å². The lowest BCUT2D eigenvalue weighted by Crippen LogP contribution is -2.09. The first-order chi connectivity index (χ1) is 6.09. The molecule has 0 atom stereocenters. The van der Waals surface area contributed by atoms with Crippen LogP contribution in [0.1, 0.15) is 17.3 Å². The van der Waals surface area contributed by atoms with Crippen LogP contribution in [0.15, 0.2) is 18.3 Å². The van der Waals surface area contributed by atoms with E-state index in [1.165, 1.54) is 25.3 Å². The van der Waals surface area contributed by atoms with E-state index in [2.05, 4.69) is 10.3 Å². The zero-order valence-corrected chi connectivity index (χ0v) is 6.94. The second-order valence-electron chi connectivity index (χ2n) is 2.42. The molecule has 13 heavy (non-hydrogen) atoms. The third-order valence-corrected chi connectivity index (χ3v) is 1.40. The van der Waals surface area contributed by atoms with Gasteiger partial charge in [0.05, 0.1) is 0 Å². The SMILES string of the molecule is CC(=O)c1ccnc(NC(=O)O)c1. The Bertz CT molecular complexity index is 349. The van der Waals surface area contributed by atoms with Crippen LogP contribution in [0.25, 0.3) is 0 Å². The molecule has 0 spiro atoms. The number of amides is 1. The molecule has 0 aliphatic carbocycles. The number of aromatic nitrogens is 1. The van der Waals surface area contributed by atoms with Crippen molar-refractivity contribution in [1.82, 2.24) is 4.98 Å². The van der Waals surface area contributed by atoms with E-state index < -0.39 is 6.09 Å². The van der Waals surface area contributed by atoms with Crippen LogP contribution in [0.4, 0.5) is 10.6 Å². The maximum atomic E-state index is 10.9. The molecule has 1 aromatic rings. The van der Waals surface area contributed by atoms with Crippen molar-refractivity contribution in [2.24, 2.45) is 0 Å². The highest BCUT2D eigenvalue weighted by Gasteiger charge is 2.03. The van der Waals surface area contributed by atoms with Gasteiger partial charge < -0.3 is 5.11 Å². The van der Waals surface area contributed by atoms with E-state index in [4.69, 9.17) is 5.11 Å². The Labute approximate surface area is 74.4 Å². The maximum absolute atomic E-state index is 10.9. The molecule has 1 aromatic heterocycles. The van der Waals surface area contributed by atoms with E-state index in [0.717, 1.165) is 0 Å². The van der Waals surface area contributed by atoms with Gasteiger partial charge in [-0.3, -0.25) is 10.1 Å². The Morgan fingerprint density at radius 3 is 2.77 bits per heavy atom. The minimum atomic E-state index is -1.20.